The molecule has 1 aliphatic carbocycles. The molecule has 1 aliphatic heterocycles. The van der Waals surface area contributed by atoms with Crippen molar-refractivity contribution in [2.24, 2.45) is 9.98 Å². The van der Waals surface area contributed by atoms with E-state index in [0.717, 1.165) is 35.6 Å². The van der Waals surface area contributed by atoms with E-state index in [-0.39, 0.29) is 6.17 Å². The molecular formula is C51H34N4S2. The zero-order valence-corrected chi connectivity index (χ0v) is 32.4. The van der Waals surface area contributed by atoms with E-state index in [1.165, 1.54) is 84.5 Å². The van der Waals surface area contributed by atoms with Crippen LogP contribution in [0, 0.1) is 0 Å². The van der Waals surface area contributed by atoms with Crippen LogP contribution >= 0.6 is 22.7 Å². The Bertz CT molecular complexity index is 3340. The third-order valence-electron chi connectivity index (χ3n) is 11.5. The number of rotatable bonds is 5. The fraction of sp³-hybridized carbons (Fsp3) is 0.0588. The Kier molecular flexibility index (Phi) is 7.43. The second-order valence-electron chi connectivity index (χ2n) is 14.9. The average Bonchev–Trinajstić information content (AvgIpc) is 3.95. The van der Waals surface area contributed by atoms with Gasteiger partial charge >= 0.3 is 0 Å². The summed E-state index contributed by atoms with van der Waals surface area (Å²) in [7, 11) is 0. The number of hydrogen-bond acceptors (Lipinski definition) is 5. The smallest absolute Gasteiger partial charge is 0.159 e. The SMILES string of the molecule is C1=CC(C2N=C(c3ccccc3)N=C(c3ccc4c(c3)sc3cc(-c5ccc6c(c5)sc5ccc(-n7c8ccccc8c8ccccc87)cc56)ccc34)N2)=CCC1. The van der Waals surface area contributed by atoms with E-state index in [2.05, 4.69) is 162 Å². The molecule has 0 amide bonds. The van der Waals surface area contributed by atoms with E-state index in [4.69, 9.17) is 9.98 Å². The van der Waals surface area contributed by atoms with Crippen LogP contribution in [0.4, 0.5) is 0 Å². The third-order valence-corrected chi connectivity index (χ3v) is 13.7. The van der Waals surface area contributed by atoms with Crippen LogP contribution in [0.2, 0.25) is 0 Å². The summed E-state index contributed by atoms with van der Waals surface area (Å²) in [6.45, 7) is 0. The first-order chi connectivity index (χ1) is 28.2. The normalized spacial score (nSPS) is 15.8. The molecule has 0 fully saturated rings. The maximum Gasteiger partial charge on any atom is 0.159 e. The van der Waals surface area contributed by atoms with Crippen LogP contribution in [0.15, 0.2) is 185 Å². The number of aliphatic imine (C=N–C) groups is 2. The van der Waals surface area contributed by atoms with Gasteiger partial charge in [-0.3, -0.25) is 0 Å². The summed E-state index contributed by atoms with van der Waals surface area (Å²) in [4.78, 5) is 10.1. The lowest BCUT2D eigenvalue weighted by Gasteiger charge is -2.25. The lowest BCUT2D eigenvalue weighted by Crippen LogP contribution is -2.40. The highest BCUT2D eigenvalue weighted by atomic mass is 32.1. The lowest BCUT2D eigenvalue weighted by molar-refractivity contribution is 0.721. The van der Waals surface area contributed by atoms with Crippen molar-refractivity contribution in [3.63, 3.8) is 0 Å². The van der Waals surface area contributed by atoms with Crippen molar-refractivity contribution in [1.29, 1.82) is 0 Å². The van der Waals surface area contributed by atoms with Crippen LogP contribution in [0.5, 0.6) is 0 Å². The van der Waals surface area contributed by atoms with Crippen LogP contribution in [0.1, 0.15) is 24.0 Å². The minimum absolute atomic E-state index is 0.176. The molecule has 57 heavy (non-hydrogen) atoms. The van der Waals surface area contributed by atoms with Gasteiger partial charge in [-0.15, -0.1) is 22.7 Å². The fourth-order valence-corrected chi connectivity index (χ4v) is 11.0. The van der Waals surface area contributed by atoms with Crippen LogP contribution in [-0.2, 0) is 0 Å². The molecule has 4 heterocycles. The molecule has 10 aromatic rings. The molecule has 0 radical (unpaired) electrons. The predicted octanol–water partition coefficient (Wildman–Crippen LogP) is 13.6. The zero-order valence-electron chi connectivity index (χ0n) is 30.8. The number of amidine groups is 2. The minimum atomic E-state index is -0.176. The largest absolute Gasteiger partial charge is 0.344 e. The van der Waals surface area contributed by atoms with Crippen LogP contribution in [0.25, 0.3) is 79.0 Å². The van der Waals surface area contributed by atoms with Crippen molar-refractivity contribution in [2.75, 3.05) is 0 Å². The van der Waals surface area contributed by atoms with Crippen molar-refractivity contribution in [1.82, 2.24) is 9.88 Å². The molecule has 0 saturated heterocycles. The molecule has 6 heteroatoms. The van der Waals surface area contributed by atoms with E-state index in [0.29, 0.717) is 0 Å². The number of aromatic nitrogens is 1. The highest BCUT2D eigenvalue weighted by Gasteiger charge is 2.23. The summed E-state index contributed by atoms with van der Waals surface area (Å²) in [6, 6.07) is 55.4. The van der Waals surface area contributed by atoms with Gasteiger partial charge in [-0.05, 0) is 78.1 Å². The molecule has 7 aromatic carbocycles. The van der Waals surface area contributed by atoms with Gasteiger partial charge < -0.3 is 9.88 Å². The van der Waals surface area contributed by atoms with Gasteiger partial charge in [-0.1, -0.05) is 121 Å². The number of nitrogens with zero attached hydrogens (tertiary/aromatic N) is 3. The van der Waals surface area contributed by atoms with Crippen LogP contribution in [-0.4, -0.2) is 22.4 Å². The Morgan fingerprint density at radius 3 is 1.81 bits per heavy atom. The Labute approximate surface area is 337 Å². The van der Waals surface area contributed by atoms with Gasteiger partial charge in [0.2, 0.25) is 0 Å². The number of thiophene rings is 2. The minimum Gasteiger partial charge on any atom is -0.344 e. The van der Waals surface area contributed by atoms with E-state index in [1.54, 1.807) is 0 Å². The fourth-order valence-electron chi connectivity index (χ4n) is 8.71. The molecule has 0 spiro atoms. The lowest BCUT2D eigenvalue weighted by atomic mass is 10.0. The van der Waals surface area contributed by atoms with Crippen LogP contribution in [0.3, 0.4) is 0 Å². The summed E-state index contributed by atoms with van der Waals surface area (Å²) in [5, 5.41) is 11.4. The highest BCUT2D eigenvalue weighted by molar-refractivity contribution is 7.26. The third kappa shape index (κ3) is 5.40. The van der Waals surface area contributed by atoms with Crippen molar-refractivity contribution in [3.8, 4) is 16.8 Å². The molecule has 3 aromatic heterocycles. The second-order valence-corrected chi connectivity index (χ2v) is 17.1. The Morgan fingerprint density at radius 2 is 1.12 bits per heavy atom. The zero-order chi connectivity index (χ0) is 37.5. The van der Waals surface area contributed by atoms with Gasteiger partial charge in [0, 0.05) is 67.9 Å². The number of benzene rings is 7. The van der Waals surface area contributed by atoms with E-state index < -0.39 is 0 Å². The van der Waals surface area contributed by atoms with Gasteiger partial charge in [-0.2, -0.15) is 0 Å². The molecule has 270 valence electrons. The molecule has 0 bridgehead atoms. The molecule has 2 aliphatic rings. The number of fused-ring (bicyclic) bond motifs is 9. The Balaban J connectivity index is 0.896. The van der Waals surface area contributed by atoms with E-state index in [9.17, 15) is 0 Å². The highest BCUT2D eigenvalue weighted by Crippen LogP contribution is 2.41. The molecule has 1 N–H and O–H groups in total. The van der Waals surface area contributed by atoms with E-state index >= 15 is 0 Å². The molecule has 4 nitrogen and oxygen atoms in total. The molecular weight excluding hydrogens is 733 g/mol. The van der Waals surface area contributed by atoms with Crippen LogP contribution < -0.4 is 5.32 Å². The van der Waals surface area contributed by atoms with E-state index in [1.807, 2.05) is 40.9 Å². The van der Waals surface area contributed by atoms with Gasteiger partial charge in [0.05, 0.1) is 11.0 Å². The molecule has 0 saturated carbocycles. The number of allylic oxidation sites excluding steroid dienone is 2. The maximum absolute atomic E-state index is 5.07. The second kappa shape index (κ2) is 13.0. The molecule has 1 atom stereocenters. The monoisotopic (exact) mass is 766 g/mol. The van der Waals surface area contributed by atoms with Crippen molar-refractivity contribution >= 4 is 96.5 Å². The Hall–Kier alpha value is -6.60. The number of nitrogens with one attached hydrogen (secondary N) is 1. The van der Waals surface area contributed by atoms with Crippen molar-refractivity contribution in [3.05, 3.63) is 187 Å². The Morgan fingerprint density at radius 1 is 0.509 bits per heavy atom. The summed E-state index contributed by atoms with van der Waals surface area (Å²) in [5.41, 5.74) is 9.41. The van der Waals surface area contributed by atoms with Gasteiger partial charge in [0.25, 0.3) is 0 Å². The number of hydrogen-bond donors (Lipinski definition) is 1. The summed E-state index contributed by atoms with van der Waals surface area (Å²) in [6.07, 6.45) is 8.66. The quantitative estimate of drug-likeness (QED) is 0.186. The average molecular weight is 767 g/mol. The molecule has 1 unspecified atom stereocenters. The first kappa shape index (κ1) is 32.6. The summed E-state index contributed by atoms with van der Waals surface area (Å²) in [5.74, 6) is 1.61. The summed E-state index contributed by atoms with van der Waals surface area (Å²) < 4.78 is 7.55. The first-order valence-electron chi connectivity index (χ1n) is 19.5. The van der Waals surface area contributed by atoms with Gasteiger partial charge in [-0.25, -0.2) is 9.98 Å². The standard InChI is InChI=1S/C51H34N4S2/c1-3-11-31(12-4-1)49-52-50(32-13-5-2-6-14-32)54-51(53-49)35-21-25-40-39-23-19-33(27-46(39)57-48(40)29-35)34-20-24-41-42-30-36(22-26-45(42)56-47(41)28-34)55-43-17-9-7-15-37(43)38-16-8-10-18-44(38)55/h1,3-5,7-30,50H,2,6H2,(H,52,53,54). The number of para-hydroxylation sites is 2. The molecule has 12 rings (SSSR count). The predicted molar refractivity (Wildman–Crippen MR) is 245 cm³/mol. The van der Waals surface area contributed by atoms with Crippen molar-refractivity contribution < 1.29 is 0 Å². The van der Waals surface area contributed by atoms with Gasteiger partial charge in [0.1, 0.15) is 12.0 Å². The summed E-state index contributed by atoms with van der Waals surface area (Å²) >= 11 is 3.72. The van der Waals surface area contributed by atoms with Gasteiger partial charge in [0.15, 0.2) is 5.84 Å². The maximum atomic E-state index is 5.07. The van der Waals surface area contributed by atoms with Crippen molar-refractivity contribution in [2.45, 2.75) is 19.0 Å². The topological polar surface area (TPSA) is 41.7 Å². The first-order valence-corrected chi connectivity index (χ1v) is 21.1.